The number of carbonyl (C=O) groups is 2. The van der Waals surface area contributed by atoms with E-state index in [1.54, 1.807) is 0 Å². The molecular weight excluding hydrogens is 398 g/mol. The minimum atomic E-state index is -0.501. The van der Waals surface area contributed by atoms with Crippen molar-refractivity contribution < 1.29 is 9.59 Å². The first-order valence-electron chi connectivity index (χ1n) is 9.38. The van der Waals surface area contributed by atoms with Gasteiger partial charge in [0, 0.05) is 36.4 Å². The summed E-state index contributed by atoms with van der Waals surface area (Å²) in [6.07, 6.45) is 4.77. The summed E-state index contributed by atoms with van der Waals surface area (Å²) in [4.78, 5) is 22.9. The Labute approximate surface area is 174 Å². The average Bonchev–Trinajstić information content (AvgIpc) is 3.08. The summed E-state index contributed by atoms with van der Waals surface area (Å²) in [7, 11) is 1.47. The van der Waals surface area contributed by atoms with Gasteiger partial charge in [0.2, 0.25) is 5.91 Å². The molecule has 0 aliphatic rings. The maximum Gasteiger partial charge on any atom is 0.321 e. The van der Waals surface area contributed by atoms with Crippen LogP contribution >= 0.6 is 23.4 Å². The zero-order valence-electron chi connectivity index (χ0n) is 16.2. The monoisotopic (exact) mass is 423 g/mol. The van der Waals surface area contributed by atoms with Crippen LogP contribution in [0.25, 0.3) is 11.4 Å². The molecule has 9 heteroatoms. The Morgan fingerprint density at radius 1 is 1.14 bits per heavy atom. The molecule has 7 nitrogen and oxygen atoms in total. The van der Waals surface area contributed by atoms with Crippen molar-refractivity contribution in [3.05, 3.63) is 29.3 Å². The first-order chi connectivity index (χ1) is 13.5. The second kappa shape index (κ2) is 11.7. The highest BCUT2D eigenvalue weighted by Gasteiger charge is 2.15. The maximum atomic E-state index is 11.7. The van der Waals surface area contributed by atoms with Gasteiger partial charge in [0.1, 0.15) is 0 Å². The summed E-state index contributed by atoms with van der Waals surface area (Å²) in [6.45, 7) is 3.00. The second-order valence-corrected chi connectivity index (χ2v) is 7.75. The van der Waals surface area contributed by atoms with Gasteiger partial charge in [0.15, 0.2) is 11.0 Å². The van der Waals surface area contributed by atoms with Crippen LogP contribution < -0.4 is 10.6 Å². The zero-order chi connectivity index (χ0) is 20.4. The summed E-state index contributed by atoms with van der Waals surface area (Å²) >= 11 is 7.46. The minimum Gasteiger partial charge on any atom is -0.341 e. The molecule has 0 spiro atoms. The fourth-order valence-electron chi connectivity index (χ4n) is 2.59. The molecule has 28 heavy (non-hydrogen) atoms. The van der Waals surface area contributed by atoms with Gasteiger partial charge in [0.05, 0.1) is 0 Å². The predicted molar refractivity (Wildman–Crippen MR) is 113 cm³/mol. The zero-order valence-corrected chi connectivity index (χ0v) is 17.8. The van der Waals surface area contributed by atoms with Gasteiger partial charge in [-0.3, -0.25) is 10.1 Å². The number of unbranched alkanes of at least 4 members (excludes halogenated alkanes) is 3. The number of imide groups is 1. The Morgan fingerprint density at radius 3 is 2.57 bits per heavy atom. The van der Waals surface area contributed by atoms with Gasteiger partial charge in [-0.05, 0) is 30.7 Å². The molecule has 0 aliphatic carbocycles. The van der Waals surface area contributed by atoms with Gasteiger partial charge >= 0.3 is 6.03 Å². The van der Waals surface area contributed by atoms with Crippen LogP contribution in [0.15, 0.2) is 29.4 Å². The van der Waals surface area contributed by atoms with Crippen molar-refractivity contribution in [1.29, 1.82) is 0 Å². The van der Waals surface area contributed by atoms with Crippen molar-refractivity contribution in [2.45, 2.75) is 50.7 Å². The van der Waals surface area contributed by atoms with E-state index >= 15 is 0 Å². The number of benzene rings is 1. The van der Waals surface area contributed by atoms with Crippen molar-refractivity contribution in [2.24, 2.45) is 0 Å². The number of carbonyl (C=O) groups excluding carboxylic acids is 2. The third-order valence-corrected chi connectivity index (χ3v) is 5.32. The van der Waals surface area contributed by atoms with Crippen molar-refractivity contribution in [3.63, 3.8) is 0 Å². The summed E-state index contributed by atoms with van der Waals surface area (Å²) in [6, 6.07) is 7.03. The topological polar surface area (TPSA) is 88.9 Å². The molecule has 0 atom stereocenters. The fraction of sp³-hybridized carbons (Fsp3) is 0.474. The van der Waals surface area contributed by atoms with E-state index in [0.29, 0.717) is 10.8 Å². The number of nitrogens with zero attached hydrogens (tertiary/aromatic N) is 3. The Morgan fingerprint density at radius 2 is 1.89 bits per heavy atom. The number of hydrogen-bond donors (Lipinski definition) is 2. The molecule has 2 N–H and O–H groups in total. The quantitative estimate of drug-likeness (QED) is 0.443. The molecule has 0 aliphatic heterocycles. The van der Waals surface area contributed by atoms with Gasteiger partial charge in [-0.25, -0.2) is 4.79 Å². The molecule has 0 saturated heterocycles. The molecule has 0 radical (unpaired) electrons. The number of nitrogens with one attached hydrogen (secondary N) is 2. The Hall–Kier alpha value is -2.06. The molecule has 0 saturated carbocycles. The van der Waals surface area contributed by atoms with Crippen LogP contribution in [0.5, 0.6) is 0 Å². The highest BCUT2D eigenvalue weighted by molar-refractivity contribution is 7.99. The lowest BCUT2D eigenvalue weighted by Crippen LogP contribution is -2.37. The standard InChI is InChI=1S/C19H26ClN5O2S/c1-3-4-5-6-12-25-17(14-7-9-15(20)10-8-14)23-24-19(25)28-13-11-16(26)22-18(27)21-2/h7-10H,3-6,11-13H2,1-2H3,(H2,21,22,26,27). The number of amides is 3. The smallest absolute Gasteiger partial charge is 0.321 e. The lowest BCUT2D eigenvalue weighted by atomic mass is 10.2. The molecule has 0 fully saturated rings. The van der Waals surface area contributed by atoms with E-state index in [9.17, 15) is 9.59 Å². The molecule has 1 aromatic carbocycles. The second-order valence-electron chi connectivity index (χ2n) is 6.25. The van der Waals surface area contributed by atoms with Gasteiger partial charge < -0.3 is 9.88 Å². The van der Waals surface area contributed by atoms with E-state index in [1.807, 2.05) is 24.3 Å². The van der Waals surface area contributed by atoms with Crippen LogP contribution in [0, 0.1) is 0 Å². The highest BCUT2D eigenvalue weighted by Crippen LogP contribution is 2.26. The molecule has 3 amide bonds. The van der Waals surface area contributed by atoms with Gasteiger partial charge in [-0.2, -0.15) is 0 Å². The van der Waals surface area contributed by atoms with E-state index in [1.165, 1.54) is 31.7 Å². The van der Waals surface area contributed by atoms with E-state index in [4.69, 9.17) is 11.6 Å². The first kappa shape index (κ1) is 22.2. The lowest BCUT2D eigenvalue weighted by Gasteiger charge is -2.10. The van der Waals surface area contributed by atoms with E-state index in [-0.39, 0.29) is 12.3 Å². The molecular formula is C19H26ClN5O2S. The van der Waals surface area contributed by atoms with Crippen LogP contribution in [0.3, 0.4) is 0 Å². The van der Waals surface area contributed by atoms with Gasteiger partial charge in [0.25, 0.3) is 0 Å². The first-order valence-corrected chi connectivity index (χ1v) is 10.7. The third-order valence-electron chi connectivity index (χ3n) is 4.09. The fourth-order valence-corrected chi connectivity index (χ4v) is 3.62. The molecule has 1 heterocycles. The SMILES string of the molecule is CCCCCCn1c(SCCC(=O)NC(=O)NC)nnc1-c1ccc(Cl)cc1. The van der Waals surface area contributed by atoms with Crippen molar-refractivity contribution in [1.82, 2.24) is 25.4 Å². The van der Waals surface area contributed by atoms with Crippen LogP contribution in [0.4, 0.5) is 4.79 Å². The maximum absolute atomic E-state index is 11.7. The summed E-state index contributed by atoms with van der Waals surface area (Å²) < 4.78 is 2.10. The van der Waals surface area contributed by atoms with Gasteiger partial charge in [-0.1, -0.05) is 49.5 Å². The number of halogens is 1. The largest absolute Gasteiger partial charge is 0.341 e. The van der Waals surface area contributed by atoms with Crippen molar-refractivity contribution in [2.75, 3.05) is 12.8 Å². The molecule has 0 bridgehead atoms. The Kier molecular flexibility index (Phi) is 9.30. The lowest BCUT2D eigenvalue weighted by molar-refractivity contribution is -0.119. The molecule has 2 aromatic rings. The van der Waals surface area contributed by atoms with Crippen LogP contribution in [0.1, 0.15) is 39.0 Å². The number of urea groups is 1. The van der Waals surface area contributed by atoms with Crippen molar-refractivity contribution in [3.8, 4) is 11.4 Å². The molecule has 152 valence electrons. The average molecular weight is 424 g/mol. The number of rotatable bonds is 10. The summed E-state index contributed by atoms with van der Waals surface area (Å²) in [5, 5.41) is 14.7. The highest BCUT2D eigenvalue weighted by atomic mass is 35.5. The van der Waals surface area contributed by atoms with Crippen LogP contribution in [0.2, 0.25) is 5.02 Å². The van der Waals surface area contributed by atoms with Gasteiger partial charge in [-0.15, -0.1) is 10.2 Å². The van der Waals surface area contributed by atoms with Crippen molar-refractivity contribution >= 4 is 35.3 Å². The molecule has 0 unspecified atom stereocenters. The summed E-state index contributed by atoms with van der Waals surface area (Å²) in [5.74, 6) is 0.987. The third kappa shape index (κ3) is 6.83. The predicted octanol–water partition coefficient (Wildman–Crippen LogP) is 4.12. The minimum absolute atomic E-state index is 0.219. The van der Waals surface area contributed by atoms with E-state index in [2.05, 4.69) is 32.3 Å². The number of thioether (sulfide) groups is 1. The Balaban J connectivity index is 2.06. The normalized spacial score (nSPS) is 10.7. The molecule has 1 aromatic heterocycles. The van der Waals surface area contributed by atoms with Crippen LogP contribution in [-0.2, 0) is 11.3 Å². The number of hydrogen-bond acceptors (Lipinski definition) is 5. The number of aromatic nitrogens is 3. The molecule has 2 rings (SSSR count). The van der Waals surface area contributed by atoms with E-state index < -0.39 is 6.03 Å². The Bertz CT molecular complexity index is 779. The van der Waals surface area contributed by atoms with E-state index in [0.717, 1.165) is 35.9 Å². The summed E-state index contributed by atoms with van der Waals surface area (Å²) in [5.41, 5.74) is 0.955. The van der Waals surface area contributed by atoms with Crippen LogP contribution in [-0.4, -0.2) is 39.5 Å².